The summed E-state index contributed by atoms with van der Waals surface area (Å²) in [6.45, 7) is 1.29. The van der Waals surface area contributed by atoms with Crippen LogP contribution in [0.25, 0.3) is 12.2 Å². The number of thiazole rings is 1. The Hall–Kier alpha value is -3.63. The number of alkyl halides is 2. The second-order valence-electron chi connectivity index (χ2n) is 7.55. The lowest BCUT2D eigenvalue weighted by molar-refractivity contribution is -0.0498. The van der Waals surface area contributed by atoms with Gasteiger partial charge < -0.3 is 14.2 Å². The fourth-order valence-electron chi connectivity index (χ4n) is 3.16. The van der Waals surface area contributed by atoms with Crippen LogP contribution < -0.4 is 9.47 Å². The van der Waals surface area contributed by atoms with Gasteiger partial charge in [0, 0.05) is 11.6 Å². The summed E-state index contributed by atoms with van der Waals surface area (Å²) in [6.07, 6.45) is 7.19. The first kappa shape index (κ1) is 24.5. The summed E-state index contributed by atoms with van der Waals surface area (Å²) in [5.41, 5.74) is 3.88. The van der Waals surface area contributed by atoms with Gasteiger partial charge in [0.15, 0.2) is 0 Å². The lowest BCUT2D eigenvalue weighted by atomic mass is 10.1. The van der Waals surface area contributed by atoms with Gasteiger partial charge in [-0.3, -0.25) is 4.68 Å². The molecule has 7 nitrogen and oxygen atoms in total. The van der Waals surface area contributed by atoms with Gasteiger partial charge in [0.1, 0.15) is 23.1 Å². The third-order valence-electron chi connectivity index (χ3n) is 4.99. The molecule has 0 unspecified atom stereocenters. The molecule has 0 spiro atoms. The highest BCUT2D eigenvalue weighted by molar-refractivity contribution is 7.10. The Bertz CT molecular complexity index is 1230. The van der Waals surface area contributed by atoms with Gasteiger partial charge in [0.25, 0.3) is 0 Å². The predicted octanol–water partition coefficient (Wildman–Crippen LogP) is 5.61. The molecule has 2 heterocycles. The van der Waals surface area contributed by atoms with E-state index in [0.29, 0.717) is 26.4 Å². The highest BCUT2D eigenvalue weighted by atomic mass is 32.1. The standard InChI is InChI=1S/C25H24F2N4O3S/c1-18-14-23(8-5-20(18)15-32-13-12-31-11-10-28-30-31)33-16-21-17-35-24(29-21)9-4-19-2-6-22(7-3-19)34-25(26)27/h2-11,14,17,25H,12-13,15-16H2,1H3. The van der Waals surface area contributed by atoms with Crippen LogP contribution >= 0.6 is 11.3 Å². The molecule has 182 valence electrons. The minimum Gasteiger partial charge on any atom is -0.487 e. The number of aromatic nitrogens is 4. The Labute approximate surface area is 205 Å². The molecular formula is C25H24F2N4O3S. The zero-order valence-corrected chi connectivity index (χ0v) is 19.8. The number of benzene rings is 2. The molecule has 2 aromatic carbocycles. The lowest BCUT2D eigenvalue weighted by Gasteiger charge is -2.10. The molecule has 0 fully saturated rings. The van der Waals surface area contributed by atoms with E-state index in [1.165, 1.54) is 23.5 Å². The van der Waals surface area contributed by atoms with Crippen LogP contribution in [0.15, 0.2) is 60.2 Å². The molecule has 0 aliphatic carbocycles. The van der Waals surface area contributed by atoms with Crippen LogP contribution in [0, 0.1) is 6.92 Å². The molecule has 0 aliphatic rings. The molecule has 0 N–H and O–H groups in total. The second-order valence-corrected chi connectivity index (χ2v) is 8.44. The van der Waals surface area contributed by atoms with E-state index in [-0.39, 0.29) is 5.75 Å². The van der Waals surface area contributed by atoms with Crippen LogP contribution in [-0.4, -0.2) is 33.2 Å². The molecule has 4 aromatic rings. The van der Waals surface area contributed by atoms with Crippen LogP contribution in [0.4, 0.5) is 8.78 Å². The third kappa shape index (κ3) is 7.69. The van der Waals surface area contributed by atoms with E-state index in [1.807, 2.05) is 42.7 Å². The summed E-state index contributed by atoms with van der Waals surface area (Å²) < 4.78 is 42.2. The van der Waals surface area contributed by atoms with E-state index in [2.05, 4.69) is 20.0 Å². The van der Waals surface area contributed by atoms with Crippen molar-refractivity contribution in [3.05, 3.63) is 87.6 Å². The van der Waals surface area contributed by atoms with E-state index < -0.39 is 6.61 Å². The smallest absolute Gasteiger partial charge is 0.387 e. The van der Waals surface area contributed by atoms with Crippen molar-refractivity contribution in [3.8, 4) is 11.5 Å². The van der Waals surface area contributed by atoms with Crippen LogP contribution in [0.3, 0.4) is 0 Å². The second kappa shape index (κ2) is 12.2. The molecule has 0 bridgehead atoms. The van der Waals surface area contributed by atoms with Gasteiger partial charge in [-0.05, 0) is 54.0 Å². The van der Waals surface area contributed by atoms with Crippen molar-refractivity contribution < 1.29 is 23.0 Å². The van der Waals surface area contributed by atoms with Crippen molar-refractivity contribution in [1.29, 1.82) is 0 Å². The highest BCUT2D eigenvalue weighted by Crippen LogP contribution is 2.21. The summed E-state index contributed by atoms with van der Waals surface area (Å²) in [4.78, 5) is 4.56. The summed E-state index contributed by atoms with van der Waals surface area (Å²) >= 11 is 1.50. The number of hydrogen-bond donors (Lipinski definition) is 0. The number of halogens is 2. The van der Waals surface area contributed by atoms with E-state index in [1.54, 1.807) is 29.2 Å². The monoisotopic (exact) mass is 498 g/mol. The topological polar surface area (TPSA) is 71.3 Å². The maximum atomic E-state index is 12.2. The van der Waals surface area contributed by atoms with Crippen LogP contribution in [-0.2, 0) is 24.5 Å². The Morgan fingerprint density at radius 2 is 1.89 bits per heavy atom. The maximum absolute atomic E-state index is 12.2. The number of ether oxygens (including phenoxy) is 3. The van der Waals surface area contributed by atoms with E-state index in [0.717, 1.165) is 33.1 Å². The molecule has 0 radical (unpaired) electrons. The summed E-state index contributed by atoms with van der Waals surface area (Å²) in [6, 6.07) is 12.4. The van der Waals surface area contributed by atoms with E-state index in [9.17, 15) is 8.78 Å². The van der Waals surface area contributed by atoms with Crippen molar-refractivity contribution >= 4 is 23.5 Å². The fraction of sp³-hybridized carbons (Fsp3) is 0.240. The molecule has 10 heteroatoms. The zero-order valence-electron chi connectivity index (χ0n) is 19.0. The third-order valence-corrected chi connectivity index (χ3v) is 5.85. The summed E-state index contributed by atoms with van der Waals surface area (Å²) in [7, 11) is 0. The van der Waals surface area contributed by atoms with Crippen molar-refractivity contribution in [2.75, 3.05) is 6.61 Å². The van der Waals surface area contributed by atoms with Crippen molar-refractivity contribution in [2.45, 2.75) is 33.3 Å². The minimum atomic E-state index is -2.83. The molecule has 0 amide bonds. The van der Waals surface area contributed by atoms with Gasteiger partial charge in [-0.2, -0.15) is 8.78 Å². The molecule has 0 saturated heterocycles. The van der Waals surface area contributed by atoms with Crippen molar-refractivity contribution in [2.24, 2.45) is 0 Å². The van der Waals surface area contributed by atoms with Crippen LogP contribution in [0.2, 0.25) is 0 Å². The highest BCUT2D eigenvalue weighted by Gasteiger charge is 2.06. The molecule has 0 aliphatic heterocycles. The fourth-order valence-corrected chi connectivity index (χ4v) is 3.86. The molecule has 0 saturated carbocycles. The van der Waals surface area contributed by atoms with Gasteiger partial charge in [0.05, 0.1) is 31.6 Å². The Kier molecular flexibility index (Phi) is 8.53. The first-order valence-corrected chi connectivity index (χ1v) is 11.7. The van der Waals surface area contributed by atoms with Crippen molar-refractivity contribution in [3.63, 3.8) is 0 Å². The molecule has 2 aromatic heterocycles. The number of aryl methyl sites for hydroxylation is 1. The summed E-state index contributed by atoms with van der Waals surface area (Å²) in [5, 5.41) is 10.4. The van der Waals surface area contributed by atoms with E-state index >= 15 is 0 Å². The minimum absolute atomic E-state index is 0.129. The van der Waals surface area contributed by atoms with Crippen LogP contribution in [0.1, 0.15) is 27.4 Å². The molecular weight excluding hydrogens is 474 g/mol. The van der Waals surface area contributed by atoms with Gasteiger partial charge in [0.2, 0.25) is 0 Å². The molecule has 4 rings (SSSR count). The largest absolute Gasteiger partial charge is 0.487 e. The lowest BCUT2D eigenvalue weighted by Crippen LogP contribution is -2.07. The van der Waals surface area contributed by atoms with Gasteiger partial charge in [-0.1, -0.05) is 29.5 Å². The average Bonchev–Trinajstić information content (AvgIpc) is 3.53. The normalized spacial score (nSPS) is 11.4. The average molecular weight is 499 g/mol. The Morgan fingerprint density at radius 1 is 1.06 bits per heavy atom. The first-order valence-electron chi connectivity index (χ1n) is 10.9. The van der Waals surface area contributed by atoms with Gasteiger partial charge >= 0.3 is 6.61 Å². The van der Waals surface area contributed by atoms with Gasteiger partial charge in [-0.25, -0.2) is 4.98 Å². The molecule has 35 heavy (non-hydrogen) atoms. The number of hydrogen-bond acceptors (Lipinski definition) is 7. The predicted molar refractivity (Wildman–Crippen MR) is 129 cm³/mol. The Balaban J connectivity index is 1.23. The number of nitrogens with zero attached hydrogens (tertiary/aromatic N) is 4. The van der Waals surface area contributed by atoms with E-state index in [4.69, 9.17) is 9.47 Å². The zero-order chi connectivity index (χ0) is 24.5. The number of rotatable bonds is 12. The first-order chi connectivity index (χ1) is 17.0. The quantitative estimate of drug-likeness (QED) is 0.237. The van der Waals surface area contributed by atoms with Crippen molar-refractivity contribution in [1.82, 2.24) is 20.0 Å². The SMILES string of the molecule is Cc1cc(OCc2csc(C=Cc3ccc(OC(F)F)cc3)n2)ccc1COCCn1ccnn1. The van der Waals surface area contributed by atoms with Gasteiger partial charge in [-0.15, -0.1) is 16.4 Å². The summed E-state index contributed by atoms with van der Waals surface area (Å²) in [5.74, 6) is 0.898. The molecule has 0 atom stereocenters. The maximum Gasteiger partial charge on any atom is 0.387 e. The Morgan fingerprint density at radius 3 is 2.63 bits per heavy atom. The van der Waals surface area contributed by atoms with Crippen LogP contribution in [0.5, 0.6) is 11.5 Å².